The summed E-state index contributed by atoms with van der Waals surface area (Å²) in [6.07, 6.45) is -0.181. The predicted octanol–water partition coefficient (Wildman–Crippen LogP) is -0.495. The molecule has 20 heavy (non-hydrogen) atoms. The van der Waals surface area contributed by atoms with E-state index in [-0.39, 0.29) is 18.1 Å². The van der Waals surface area contributed by atoms with E-state index in [0.29, 0.717) is 39.3 Å². The molecule has 2 aliphatic rings. The van der Waals surface area contributed by atoms with E-state index in [1.54, 1.807) is 4.90 Å². The van der Waals surface area contributed by atoms with Gasteiger partial charge in [0.15, 0.2) is 0 Å². The minimum Gasteiger partial charge on any atom is -0.373 e. The van der Waals surface area contributed by atoms with Crippen LogP contribution >= 0.6 is 0 Å². The first-order chi connectivity index (χ1) is 9.30. The van der Waals surface area contributed by atoms with Crippen molar-refractivity contribution >= 4 is 16.1 Å². The summed E-state index contributed by atoms with van der Waals surface area (Å²) < 4.78 is 33.7. The van der Waals surface area contributed by atoms with Gasteiger partial charge in [0, 0.05) is 46.2 Å². The molecule has 2 fully saturated rings. The second kappa shape index (κ2) is 5.97. The number of morpholine rings is 1. The summed E-state index contributed by atoms with van der Waals surface area (Å²) in [6.45, 7) is 7.70. The van der Waals surface area contributed by atoms with Crippen LogP contribution in [0.5, 0.6) is 0 Å². The maximum absolute atomic E-state index is 12.6. The van der Waals surface area contributed by atoms with Gasteiger partial charge in [-0.3, -0.25) is 4.79 Å². The Bertz CT molecular complexity index is 449. The highest BCUT2D eigenvalue weighted by Crippen LogP contribution is 2.18. The molecule has 0 unspecified atom stereocenters. The number of hydrogen-bond donors (Lipinski definition) is 0. The van der Waals surface area contributed by atoms with Crippen LogP contribution in [0.2, 0.25) is 0 Å². The van der Waals surface area contributed by atoms with Crippen molar-refractivity contribution in [3.8, 4) is 0 Å². The second-order valence-corrected chi connectivity index (χ2v) is 7.42. The Kier molecular flexibility index (Phi) is 4.68. The molecule has 2 saturated heterocycles. The van der Waals surface area contributed by atoms with Crippen LogP contribution in [0.15, 0.2) is 0 Å². The summed E-state index contributed by atoms with van der Waals surface area (Å²) >= 11 is 0. The number of amides is 1. The van der Waals surface area contributed by atoms with Gasteiger partial charge in [0.05, 0.1) is 12.2 Å². The molecule has 0 spiro atoms. The fourth-order valence-electron chi connectivity index (χ4n) is 2.72. The highest BCUT2D eigenvalue weighted by atomic mass is 32.2. The largest absolute Gasteiger partial charge is 0.373 e. The third-order valence-electron chi connectivity index (χ3n) is 3.72. The van der Waals surface area contributed by atoms with Crippen LogP contribution < -0.4 is 0 Å². The number of hydrogen-bond acceptors (Lipinski definition) is 4. The number of piperazine rings is 1. The lowest BCUT2D eigenvalue weighted by atomic mass is 10.3. The minimum absolute atomic E-state index is 0.00401. The summed E-state index contributed by atoms with van der Waals surface area (Å²) in [7, 11) is -3.45. The molecule has 2 heterocycles. The topological polar surface area (TPSA) is 70.2 Å². The van der Waals surface area contributed by atoms with Gasteiger partial charge >= 0.3 is 0 Å². The van der Waals surface area contributed by atoms with Gasteiger partial charge in [-0.1, -0.05) is 0 Å². The average molecular weight is 305 g/mol. The van der Waals surface area contributed by atoms with Crippen molar-refractivity contribution in [2.45, 2.75) is 33.0 Å². The van der Waals surface area contributed by atoms with Crippen LogP contribution in [-0.2, 0) is 19.7 Å². The van der Waals surface area contributed by atoms with Crippen LogP contribution in [0.25, 0.3) is 0 Å². The average Bonchev–Trinajstić information content (AvgIpc) is 2.37. The quantitative estimate of drug-likeness (QED) is 0.690. The normalized spacial score (nSPS) is 30.4. The molecule has 0 aromatic heterocycles. The van der Waals surface area contributed by atoms with Crippen LogP contribution in [0.1, 0.15) is 20.8 Å². The lowest BCUT2D eigenvalue weighted by Crippen LogP contribution is -2.57. The number of nitrogens with zero attached hydrogens (tertiary/aromatic N) is 3. The number of rotatable bonds is 2. The van der Waals surface area contributed by atoms with Crippen LogP contribution in [-0.4, -0.2) is 79.3 Å². The van der Waals surface area contributed by atoms with E-state index in [2.05, 4.69) is 0 Å². The molecule has 0 bridgehead atoms. The van der Waals surface area contributed by atoms with E-state index in [1.807, 2.05) is 13.8 Å². The summed E-state index contributed by atoms with van der Waals surface area (Å²) in [5.74, 6) is -0.00401. The fourth-order valence-corrected chi connectivity index (χ4v) is 4.46. The van der Waals surface area contributed by atoms with E-state index >= 15 is 0 Å². The molecule has 1 amide bonds. The van der Waals surface area contributed by atoms with Gasteiger partial charge < -0.3 is 9.64 Å². The Balaban J connectivity index is 2.02. The Labute approximate surface area is 120 Å². The second-order valence-electron chi connectivity index (χ2n) is 5.49. The van der Waals surface area contributed by atoms with Crippen molar-refractivity contribution in [1.82, 2.24) is 13.5 Å². The van der Waals surface area contributed by atoms with E-state index in [1.165, 1.54) is 15.5 Å². The Morgan fingerprint density at radius 1 is 1.00 bits per heavy atom. The molecule has 116 valence electrons. The van der Waals surface area contributed by atoms with Gasteiger partial charge in [0.2, 0.25) is 5.91 Å². The van der Waals surface area contributed by atoms with Gasteiger partial charge in [-0.25, -0.2) is 0 Å². The molecular formula is C12H23N3O4S. The van der Waals surface area contributed by atoms with Crippen molar-refractivity contribution < 1.29 is 17.9 Å². The molecule has 0 aromatic carbocycles. The van der Waals surface area contributed by atoms with Gasteiger partial charge in [0.1, 0.15) is 0 Å². The predicted molar refractivity (Wildman–Crippen MR) is 74.3 cm³/mol. The maximum Gasteiger partial charge on any atom is 0.282 e. The first-order valence-corrected chi connectivity index (χ1v) is 8.36. The molecule has 0 aliphatic carbocycles. The van der Waals surface area contributed by atoms with E-state index < -0.39 is 10.2 Å². The Morgan fingerprint density at radius 2 is 1.50 bits per heavy atom. The first-order valence-electron chi connectivity index (χ1n) is 6.97. The number of carbonyl (C=O) groups is 1. The number of ether oxygens (including phenoxy) is 1. The SMILES string of the molecule is CC(=O)N1CCN(S(=O)(=O)N2C[C@@H](C)O[C@@H](C)C2)CC1. The third kappa shape index (κ3) is 3.30. The summed E-state index contributed by atoms with van der Waals surface area (Å²) in [5, 5.41) is 0. The zero-order valence-corrected chi connectivity index (χ0v) is 13.1. The van der Waals surface area contributed by atoms with Crippen LogP contribution in [0.3, 0.4) is 0 Å². The molecule has 2 atom stereocenters. The molecule has 2 aliphatic heterocycles. The lowest BCUT2D eigenvalue weighted by Gasteiger charge is -2.40. The fraction of sp³-hybridized carbons (Fsp3) is 0.917. The zero-order valence-electron chi connectivity index (χ0n) is 12.3. The van der Waals surface area contributed by atoms with Crippen molar-refractivity contribution in [2.75, 3.05) is 39.3 Å². The maximum atomic E-state index is 12.6. The van der Waals surface area contributed by atoms with E-state index in [4.69, 9.17) is 4.74 Å². The van der Waals surface area contributed by atoms with Gasteiger partial charge in [-0.2, -0.15) is 17.0 Å². The van der Waals surface area contributed by atoms with Crippen molar-refractivity contribution in [1.29, 1.82) is 0 Å². The van der Waals surface area contributed by atoms with Crippen molar-refractivity contribution in [3.63, 3.8) is 0 Å². The summed E-state index contributed by atoms with van der Waals surface area (Å²) in [6, 6.07) is 0. The highest BCUT2D eigenvalue weighted by molar-refractivity contribution is 7.86. The monoisotopic (exact) mass is 305 g/mol. The lowest BCUT2D eigenvalue weighted by molar-refractivity contribution is -0.130. The van der Waals surface area contributed by atoms with Gasteiger partial charge in [0.25, 0.3) is 10.2 Å². The molecule has 0 radical (unpaired) electrons. The van der Waals surface area contributed by atoms with Gasteiger partial charge in [-0.05, 0) is 13.8 Å². The van der Waals surface area contributed by atoms with Crippen LogP contribution in [0, 0.1) is 0 Å². The molecule has 7 nitrogen and oxygen atoms in total. The van der Waals surface area contributed by atoms with Gasteiger partial charge in [-0.15, -0.1) is 0 Å². The van der Waals surface area contributed by atoms with Crippen molar-refractivity contribution in [2.24, 2.45) is 0 Å². The van der Waals surface area contributed by atoms with E-state index in [9.17, 15) is 13.2 Å². The Morgan fingerprint density at radius 3 is 1.95 bits per heavy atom. The molecule has 0 saturated carbocycles. The van der Waals surface area contributed by atoms with Crippen LogP contribution in [0.4, 0.5) is 0 Å². The van der Waals surface area contributed by atoms with Crippen molar-refractivity contribution in [3.05, 3.63) is 0 Å². The highest BCUT2D eigenvalue weighted by Gasteiger charge is 2.36. The summed E-state index contributed by atoms with van der Waals surface area (Å²) in [4.78, 5) is 13.0. The Hall–Kier alpha value is -0.700. The minimum atomic E-state index is -3.45. The zero-order chi connectivity index (χ0) is 14.9. The standard InChI is InChI=1S/C12H23N3O4S/c1-10-8-15(9-11(2)19-10)20(17,18)14-6-4-13(5-7-14)12(3)16/h10-11H,4-9H2,1-3H3/t10-,11+. The first kappa shape index (κ1) is 15.7. The smallest absolute Gasteiger partial charge is 0.282 e. The molecular weight excluding hydrogens is 282 g/mol. The summed E-state index contributed by atoms with van der Waals surface area (Å²) in [5.41, 5.74) is 0. The molecule has 8 heteroatoms. The molecule has 2 rings (SSSR count). The van der Waals surface area contributed by atoms with E-state index in [0.717, 1.165) is 0 Å². The molecule has 0 N–H and O–H groups in total. The molecule has 0 aromatic rings. The number of carbonyl (C=O) groups excluding carboxylic acids is 1. The third-order valence-corrected chi connectivity index (χ3v) is 5.69.